The van der Waals surface area contributed by atoms with Gasteiger partial charge in [-0.05, 0) is 44.7 Å². The predicted molar refractivity (Wildman–Crippen MR) is 130 cm³/mol. The van der Waals surface area contributed by atoms with E-state index >= 15 is 0 Å². The molecule has 0 N–H and O–H groups in total. The number of amides is 1. The summed E-state index contributed by atoms with van der Waals surface area (Å²) in [6.07, 6.45) is 7.06. The number of unbranched alkanes of at least 4 members (excludes halogenated alkanes) is 2. The van der Waals surface area contributed by atoms with E-state index in [-0.39, 0.29) is 17.9 Å². The summed E-state index contributed by atoms with van der Waals surface area (Å²) < 4.78 is 25.1. The molecule has 0 bridgehead atoms. The first kappa shape index (κ1) is 24.6. The van der Waals surface area contributed by atoms with Gasteiger partial charge in [0.25, 0.3) is 5.91 Å². The third kappa shape index (κ3) is 6.15. The van der Waals surface area contributed by atoms with Gasteiger partial charge in [-0.15, -0.1) is 0 Å². The maximum Gasteiger partial charge on any atom is 0.419 e. The molecular formula is C26H31FN4O4. The molecule has 9 heteroatoms. The van der Waals surface area contributed by atoms with Crippen LogP contribution in [0.5, 0.6) is 0 Å². The van der Waals surface area contributed by atoms with Gasteiger partial charge >= 0.3 is 5.76 Å². The number of aryl methyl sites for hydroxylation is 2. The molecular weight excluding hydrogens is 451 g/mol. The lowest BCUT2D eigenvalue weighted by molar-refractivity contribution is -0.115. The van der Waals surface area contributed by atoms with Crippen molar-refractivity contribution in [1.29, 1.82) is 0 Å². The van der Waals surface area contributed by atoms with Gasteiger partial charge in [0.15, 0.2) is 11.6 Å². The maximum atomic E-state index is 13.1. The number of anilines is 1. The normalized spacial score (nSPS) is 13.2. The van der Waals surface area contributed by atoms with Gasteiger partial charge in [-0.3, -0.25) is 13.8 Å². The minimum atomic E-state index is -0.638. The molecule has 35 heavy (non-hydrogen) atoms. The maximum absolute atomic E-state index is 13.1. The van der Waals surface area contributed by atoms with Crippen LogP contribution in [0.1, 0.15) is 63.1 Å². The Morgan fingerprint density at radius 3 is 2.83 bits per heavy atom. The van der Waals surface area contributed by atoms with E-state index in [1.54, 1.807) is 23.2 Å². The Kier molecular flexibility index (Phi) is 7.94. The number of aromatic nitrogens is 3. The summed E-state index contributed by atoms with van der Waals surface area (Å²) in [7, 11) is 0. The number of carbonyl (C=O) groups excluding carboxylic acids is 1. The molecule has 186 valence electrons. The summed E-state index contributed by atoms with van der Waals surface area (Å²) in [5.41, 5.74) is 1.55. The summed E-state index contributed by atoms with van der Waals surface area (Å²) in [5, 5.41) is 4.04. The minimum Gasteiger partial charge on any atom is -0.408 e. The molecule has 0 spiro atoms. The minimum absolute atomic E-state index is 0.0102. The van der Waals surface area contributed by atoms with Crippen LogP contribution in [0.15, 0.2) is 56.3 Å². The van der Waals surface area contributed by atoms with Crippen molar-refractivity contribution in [2.75, 3.05) is 18.1 Å². The molecule has 0 aliphatic heterocycles. The monoisotopic (exact) mass is 482 g/mol. The van der Waals surface area contributed by atoms with Gasteiger partial charge in [0.05, 0.1) is 12.9 Å². The fourth-order valence-electron chi connectivity index (χ4n) is 3.91. The third-order valence-corrected chi connectivity index (χ3v) is 6.13. The predicted octanol–water partition coefficient (Wildman–Crippen LogP) is 5.05. The average Bonchev–Trinajstić information content (AvgIpc) is 3.49. The Balaban J connectivity index is 1.42. The number of nitrogens with zero attached hydrogens (tertiary/aromatic N) is 4. The van der Waals surface area contributed by atoms with Gasteiger partial charge in [-0.1, -0.05) is 30.3 Å². The summed E-state index contributed by atoms with van der Waals surface area (Å²) in [4.78, 5) is 31.1. The Hall–Kier alpha value is -3.49. The van der Waals surface area contributed by atoms with Crippen LogP contribution in [-0.4, -0.2) is 33.8 Å². The Morgan fingerprint density at radius 2 is 2.11 bits per heavy atom. The molecule has 0 saturated heterocycles. The van der Waals surface area contributed by atoms with Crippen molar-refractivity contribution in [3.63, 3.8) is 0 Å². The zero-order valence-corrected chi connectivity index (χ0v) is 20.0. The van der Waals surface area contributed by atoms with Crippen molar-refractivity contribution < 1.29 is 18.1 Å². The van der Waals surface area contributed by atoms with E-state index < -0.39 is 12.4 Å². The molecule has 1 fully saturated rings. The van der Waals surface area contributed by atoms with Gasteiger partial charge in [-0.2, -0.15) is 4.98 Å². The van der Waals surface area contributed by atoms with Gasteiger partial charge < -0.3 is 13.8 Å². The lowest BCUT2D eigenvalue weighted by atomic mass is 10.1. The first-order valence-electron chi connectivity index (χ1n) is 12.2. The molecule has 4 rings (SSSR count). The molecule has 1 amide bonds. The smallest absolute Gasteiger partial charge is 0.408 e. The lowest BCUT2D eigenvalue weighted by Crippen LogP contribution is -2.33. The number of benzene rings is 1. The van der Waals surface area contributed by atoms with E-state index in [0.717, 1.165) is 37.9 Å². The molecule has 0 unspecified atom stereocenters. The highest BCUT2D eigenvalue weighted by Gasteiger charge is 2.28. The first-order chi connectivity index (χ1) is 17.0. The lowest BCUT2D eigenvalue weighted by Gasteiger charge is -2.24. The molecule has 1 saturated carbocycles. The van der Waals surface area contributed by atoms with Crippen LogP contribution < -0.4 is 10.7 Å². The quantitative estimate of drug-likeness (QED) is 0.250. The van der Waals surface area contributed by atoms with Crippen molar-refractivity contribution in [1.82, 2.24) is 14.7 Å². The standard InChI is InChI=1S/C26H31FN4O4/c1-3-30-17-22(34-26(30)33)20-8-7-9-21(16-20)31(25(32)18(2)13-14-27)15-6-4-5-10-23-28-24(29-35-23)19-11-12-19/h7-9,16-17,19H,2-6,10-15H2,1H3. The molecule has 2 heterocycles. The second-order valence-corrected chi connectivity index (χ2v) is 8.83. The molecule has 1 aromatic carbocycles. The van der Waals surface area contributed by atoms with Crippen LogP contribution in [0.4, 0.5) is 10.1 Å². The number of rotatable bonds is 13. The average molecular weight is 483 g/mol. The number of carbonyl (C=O) groups is 1. The largest absolute Gasteiger partial charge is 0.419 e. The van der Waals surface area contributed by atoms with E-state index in [4.69, 9.17) is 8.94 Å². The van der Waals surface area contributed by atoms with E-state index in [0.29, 0.717) is 48.3 Å². The van der Waals surface area contributed by atoms with E-state index in [1.165, 1.54) is 4.57 Å². The fraction of sp³-hybridized carbons (Fsp3) is 0.462. The first-order valence-corrected chi connectivity index (χ1v) is 12.2. The van der Waals surface area contributed by atoms with Crippen molar-refractivity contribution >= 4 is 11.6 Å². The van der Waals surface area contributed by atoms with Gasteiger partial charge in [0, 0.05) is 48.7 Å². The van der Waals surface area contributed by atoms with Gasteiger partial charge in [0.2, 0.25) is 5.89 Å². The zero-order valence-electron chi connectivity index (χ0n) is 20.0. The molecule has 2 aromatic heterocycles. The Morgan fingerprint density at radius 1 is 1.29 bits per heavy atom. The van der Waals surface area contributed by atoms with E-state index in [9.17, 15) is 14.0 Å². The molecule has 8 nitrogen and oxygen atoms in total. The second kappa shape index (κ2) is 11.3. The molecule has 1 aliphatic carbocycles. The van der Waals surface area contributed by atoms with Crippen molar-refractivity contribution in [3.8, 4) is 11.3 Å². The van der Waals surface area contributed by atoms with Crippen molar-refractivity contribution in [2.24, 2.45) is 0 Å². The van der Waals surface area contributed by atoms with Gasteiger partial charge in [0.1, 0.15) is 0 Å². The molecule has 0 radical (unpaired) electrons. The highest BCUT2D eigenvalue weighted by atomic mass is 19.1. The highest BCUT2D eigenvalue weighted by molar-refractivity contribution is 6.05. The SMILES string of the molecule is C=C(CCF)C(=O)N(CCCCCc1nc(C2CC2)no1)c1cccc(-c2cn(CC)c(=O)o2)c1. The number of halogens is 1. The van der Waals surface area contributed by atoms with Crippen LogP contribution in [0.2, 0.25) is 0 Å². The van der Waals surface area contributed by atoms with Crippen LogP contribution in [-0.2, 0) is 17.8 Å². The van der Waals surface area contributed by atoms with Crippen LogP contribution >= 0.6 is 0 Å². The van der Waals surface area contributed by atoms with Crippen LogP contribution in [0.25, 0.3) is 11.3 Å². The van der Waals surface area contributed by atoms with Crippen molar-refractivity contribution in [3.05, 3.63) is 64.9 Å². The molecule has 3 aromatic rings. The van der Waals surface area contributed by atoms with Gasteiger partial charge in [-0.25, -0.2) is 4.79 Å². The summed E-state index contributed by atoms with van der Waals surface area (Å²) >= 11 is 0. The Labute approximate surface area is 203 Å². The summed E-state index contributed by atoms with van der Waals surface area (Å²) in [6, 6.07) is 7.24. The summed E-state index contributed by atoms with van der Waals surface area (Å²) in [5.74, 6) is 1.63. The number of hydrogen-bond donors (Lipinski definition) is 0. The second-order valence-electron chi connectivity index (χ2n) is 8.83. The van der Waals surface area contributed by atoms with Crippen LogP contribution in [0, 0.1) is 0 Å². The summed E-state index contributed by atoms with van der Waals surface area (Å²) in [6.45, 7) is 5.95. The fourth-order valence-corrected chi connectivity index (χ4v) is 3.91. The number of oxazole rings is 1. The molecule has 1 aliphatic rings. The van der Waals surface area contributed by atoms with Crippen LogP contribution in [0.3, 0.4) is 0 Å². The Bertz CT molecular complexity index is 1220. The third-order valence-electron chi connectivity index (χ3n) is 6.13. The number of hydrogen-bond acceptors (Lipinski definition) is 6. The zero-order chi connectivity index (χ0) is 24.8. The van der Waals surface area contributed by atoms with E-state index in [2.05, 4.69) is 16.7 Å². The topological polar surface area (TPSA) is 94.4 Å². The van der Waals surface area contributed by atoms with E-state index in [1.807, 2.05) is 19.1 Å². The molecule has 0 atom stereocenters. The van der Waals surface area contributed by atoms with Crippen molar-refractivity contribution in [2.45, 2.75) is 64.3 Å². The highest BCUT2D eigenvalue weighted by Crippen LogP contribution is 2.38. The number of alkyl halides is 1.